The molecule has 0 aliphatic heterocycles. The summed E-state index contributed by atoms with van der Waals surface area (Å²) < 4.78 is 11.3. The summed E-state index contributed by atoms with van der Waals surface area (Å²) in [6, 6.07) is 6.77. The molecule has 0 aliphatic carbocycles. The van der Waals surface area contributed by atoms with E-state index in [4.69, 9.17) is 9.47 Å². The first-order valence-corrected chi connectivity index (χ1v) is 7.06. The predicted molar refractivity (Wildman–Crippen MR) is 79.7 cm³/mol. The van der Waals surface area contributed by atoms with Gasteiger partial charge in [-0.25, -0.2) is 0 Å². The Morgan fingerprint density at radius 1 is 1.11 bits per heavy atom. The Hall–Kier alpha value is -1.06. The van der Waals surface area contributed by atoms with Gasteiger partial charge in [-0.3, -0.25) is 0 Å². The van der Waals surface area contributed by atoms with Gasteiger partial charge in [0.15, 0.2) is 0 Å². The highest BCUT2D eigenvalue weighted by Crippen LogP contribution is 2.20. The Morgan fingerprint density at radius 2 is 1.84 bits per heavy atom. The standard InChI is InChI=1S/C16H27NO2/c1-12(2)17-11-15-10-14(5)6-7-16(15)19-9-8-18-13(3)4/h6-7,10,12-13,17H,8-9,11H2,1-5H3. The topological polar surface area (TPSA) is 30.5 Å². The largest absolute Gasteiger partial charge is 0.491 e. The van der Waals surface area contributed by atoms with E-state index in [0.29, 0.717) is 19.3 Å². The van der Waals surface area contributed by atoms with E-state index in [9.17, 15) is 0 Å². The third-order valence-electron chi connectivity index (χ3n) is 2.71. The molecule has 0 bridgehead atoms. The molecule has 0 heterocycles. The zero-order valence-electron chi connectivity index (χ0n) is 12.8. The van der Waals surface area contributed by atoms with Crippen LogP contribution in [0.5, 0.6) is 5.75 Å². The van der Waals surface area contributed by atoms with Crippen molar-refractivity contribution in [2.45, 2.75) is 53.3 Å². The Labute approximate surface area is 117 Å². The second-order valence-electron chi connectivity index (χ2n) is 5.41. The van der Waals surface area contributed by atoms with Crippen LogP contribution in [0, 0.1) is 6.92 Å². The zero-order valence-corrected chi connectivity index (χ0v) is 12.8. The van der Waals surface area contributed by atoms with Gasteiger partial charge >= 0.3 is 0 Å². The smallest absolute Gasteiger partial charge is 0.123 e. The van der Waals surface area contributed by atoms with Crippen molar-refractivity contribution < 1.29 is 9.47 Å². The molecule has 3 nitrogen and oxygen atoms in total. The molecule has 1 aromatic rings. The number of rotatable bonds is 8. The number of hydrogen-bond donors (Lipinski definition) is 1. The molecule has 1 N–H and O–H groups in total. The van der Waals surface area contributed by atoms with Crippen LogP contribution in [-0.2, 0) is 11.3 Å². The Bertz CT molecular complexity index is 375. The molecule has 108 valence electrons. The number of nitrogens with one attached hydrogen (secondary N) is 1. The fourth-order valence-electron chi connectivity index (χ4n) is 1.74. The molecule has 0 aromatic heterocycles. The lowest BCUT2D eigenvalue weighted by molar-refractivity contribution is 0.0550. The van der Waals surface area contributed by atoms with Crippen molar-refractivity contribution in [3.63, 3.8) is 0 Å². The van der Waals surface area contributed by atoms with Crippen LogP contribution in [0.1, 0.15) is 38.8 Å². The summed E-state index contributed by atoms with van der Waals surface area (Å²) in [4.78, 5) is 0. The first-order valence-electron chi connectivity index (χ1n) is 7.06. The average molecular weight is 265 g/mol. The molecule has 0 atom stereocenters. The van der Waals surface area contributed by atoms with E-state index in [-0.39, 0.29) is 6.10 Å². The van der Waals surface area contributed by atoms with Gasteiger partial charge in [-0.15, -0.1) is 0 Å². The normalized spacial score (nSPS) is 11.3. The third-order valence-corrected chi connectivity index (χ3v) is 2.71. The lowest BCUT2D eigenvalue weighted by atomic mass is 10.1. The first kappa shape index (κ1) is 16.0. The zero-order chi connectivity index (χ0) is 14.3. The van der Waals surface area contributed by atoms with E-state index in [1.54, 1.807) is 0 Å². The van der Waals surface area contributed by atoms with Crippen LogP contribution in [0.15, 0.2) is 18.2 Å². The van der Waals surface area contributed by atoms with E-state index in [1.807, 2.05) is 19.9 Å². The van der Waals surface area contributed by atoms with Gasteiger partial charge in [0.2, 0.25) is 0 Å². The van der Waals surface area contributed by atoms with Gasteiger partial charge in [0.25, 0.3) is 0 Å². The minimum Gasteiger partial charge on any atom is -0.491 e. The minimum atomic E-state index is 0.253. The first-order chi connectivity index (χ1) is 8.99. The molecule has 1 aromatic carbocycles. The maximum atomic E-state index is 5.81. The van der Waals surface area contributed by atoms with Gasteiger partial charge in [-0.1, -0.05) is 31.5 Å². The van der Waals surface area contributed by atoms with Crippen LogP contribution in [-0.4, -0.2) is 25.4 Å². The quantitative estimate of drug-likeness (QED) is 0.732. The summed E-state index contributed by atoms with van der Waals surface area (Å²) in [6.45, 7) is 12.5. The lowest BCUT2D eigenvalue weighted by Crippen LogP contribution is -2.22. The molecule has 0 fully saturated rings. The summed E-state index contributed by atoms with van der Waals surface area (Å²) >= 11 is 0. The number of ether oxygens (including phenoxy) is 2. The van der Waals surface area contributed by atoms with Crippen molar-refractivity contribution in [2.75, 3.05) is 13.2 Å². The van der Waals surface area contributed by atoms with Gasteiger partial charge in [0.05, 0.1) is 12.7 Å². The van der Waals surface area contributed by atoms with Gasteiger partial charge < -0.3 is 14.8 Å². The third kappa shape index (κ3) is 6.60. The lowest BCUT2D eigenvalue weighted by Gasteiger charge is -2.15. The maximum Gasteiger partial charge on any atom is 0.123 e. The molecule has 0 amide bonds. The monoisotopic (exact) mass is 265 g/mol. The molecule has 0 aliphatic rings. The summed E-state index contributed by atoms with van der Waals surface area (Å²) in [7, 11) is 0. The number of hydrogen-bond acceptors (Lipinski definition) is 3. The molecule has 0 spiro atoms. The highest BCUT2D eigenvalue weighted by Gasteiger charge is 2.05. The molecule has 19 heavy (non-hydrogen) atoms. The minimum absolute atomic E-state index is 0.253. The van der Waals surface area contributed by atoms with Gasteiger partial charge in [-0.05, 0) is 26.8 Å². The van der Waals surface area contributed by atoms with Crippen molar-refractivity contribution in [1.29, 1.82) is 0 Å². The van der Waals surface area contributed by atoms with Crippen molar-refractivity contribution in [2.24, 2.45) is 0 Å². The Balaban J connectivity index is 2.55. The van der Waals surface area contributed by atoms with Crippen molar-refractivity contribution in [3.8, 4) is 5.75 Å². The fourth-order valence-corrected chi connectivity index (χ4v) is 1.74. The molecule has 0 saturated heterocycles. The average Bonchev–Trinajstić information content (AvgIpc) is 2.33. The molecular weight excluding hydrogens is 238 g/mol. The van der Waals surface area contributed by atoms with E-state index in [2.05, 4.69) is 38.2 Å². The summed E-state index contributed by atoms with van der Waals surface area (Å²) in [5.41, 5.74) is 2.46. The molecule has 1 rings (SSSR count). The fraction of sp³-hybridized carbons (Fsp3) is 0.625. The second-order valence-corrected chi connectivity index (χ2v) is 5.41. The highest BCUT2D eigenvalue weighted by atomic mass is 16.5. The molecule has 0 saturated carbocycles. The van der Waals surface area contributed by atoms with Crippen molar-refractivity contribution in [3.05, 3.63) is 29.3 Å². The van der Waals surface area contributed by atoms with E-state index < -0.39 is 0 Å². The van der Waals surface area contributed by atoms with Crippen molar-refractivity contribution >= 4 is 0 Å². The van der Waals surface area contributed by atoms with Crippen LogP contribution in [0.3, 0.4) is 0 Å². The predicted octanol–water partition coefficient (Wildman–Crippen LogP) is 3.30. The molecule has 3 heteroatoms. The molecule has 0 radical (unpaired) electrons. The van der Waals surface area contributed by atoms with E-state index >= 15 is 0 Å². The van der Waals surface area contributed by atoms with Gasteiger partial charge in [-0.2, -0.15) is 0 Å². The van der Waals surface area contributed by atoms with Crippen LogP contribution < -0.4 is 10.1 Å². The summed E-state index contributed by atoms with van der Waals surface area (Å²) in [6.07, 6.45) is 0.253. The summed E-state index contributed by atoms with van der Waals surface area (Å²) in [5.74, 6) is 0.950. The van der Waals surface area contributed by atoms with E-state index in [1.165, 1.54) is 11.1 Å². The molecular formula is C16H27NO2. The Kier molecular flexibility index (Phi) is 6.89. The van der Waals surface area contributed by atoms with Crippen LogP contribution in [0.4, 0.5) is 0 Å². The molecule has 0 unspecified atom stereocenters. The van der Waals surface area contributed by atoms with Crippen LogP contribution in [0.25, 0.3) is 0 Å². The number of benzene rings is 1. The van der Waals surface area contributed by atoms with Gasteiger partial charge in [0.1, 0.15) is 12.4 Å². The number of aryl methyl sites for hydroxylation is 1. The maximum absolute atomic E-state index is 5.81. The second kappa shape index (κ2) is 8.18. The highest BCUT2D eigenvalue weighted by molar-refractivity contribution is 5.36. The van der Waals surface area contributed by atoms with Crippen LogP contribution in [0.2, 0.25) is 0 Å². The summed E-state index contributed by atoms with van der Waals surface area (Å²) in [5, 5.41) is 3.43. The van der Waals surface area contributed by atoms with E-state index in [0.717, 1.165) is 12.3 Å². The van der Waals surface area contributed by atoms with Gasteiger partial charge in [0, 0.05) is 18.2 Å². The van der Waals surface area contributed by atoms with Crippen molar-refractivity contribution in [1.82, 2.24) is 5.32 Å². The van der Waals surface area contributed by atoms with Crippen LogP contribution >= 0.6 is 0 Å². The SMILES string of the molecule is Cc1ccc(OCCOC(C)C)c(CNC(C)C)c1. The Morgan fingerprint density at radius 3 is 2.47 bits per heavy atom.